The first-order valence-corrected chi connectivity index (χ1v) is 20.5. The minimum absolute atomic E-state index is 1.03. The Hall–Kier alpha value is -1.46. The van der Waals surface area contributed by atoms with E-state index in [9.17, 15) is 0 Å². The highest BCUT2D eigenvalue weighted by Gasteiger charge is 2.26. The van der Waals surface area contributed by atoms with E-state index >= 15 is 0 Å². The van der Waals surface area contributed by atoms with Crippen LogP contribution in [0.1, 0.15) is 102 Å². The summed E-state index contributed by atoms with van der Waals surface area (Å²) in [4.78, 5) is 0. The number of rotatable bonds is 16. The zero-order chi connectivity index (χ0) is 32.5. The molecule has 5 aromatic carbocycles. The predicted molar refractivity (Wildman–Crippen MR) is 217 cm³/mol. The van der Waals surface area contributed by atoms with E-state index in [0.717, 1.165) is 21.8 Å². The van der Waals surface area contributed by atoms with Gasteiger partial charge in [-0.25, -0.2) is 0 Å². The minimum atomic E-state index is 1.03. The number of hydrogen-bond acceptors (Lipinski definition) is 0. The lowest BCUT2D eigenvalue weighted by Gasteiger charge is -2.25. The molecule has 0 aliphatic carbocycles. The highest BCUT2D eigenvalue weighted by molar-refractivity contribution is 9.11. The van der Waals surface area contributed by atoms with Crippen LogP contribution >= 0.6 is 63.7 Å². The van der Waals surface area contributed by atoms with E-state index < -0.39 is 0 Å². The normalized spacial score (nSPS) is 11.6. The van der Waals surface area contributed by atoms with Gasteiger partial charge in [-0.2, -0.15) is 0 Å². The maximum absolute atomic E-state index is 4.26. The first-order chi connectivity index (χ1) is 22.4. The van der Waals surface area contributed by atoms with Crippen molar-refractivity contribution >= 4 is 85.3 Å². The molecule has 5 rings (SSSR count). The number of fused-ring (bicyclic) bond motifs is 2. The lowest BCUT2D eigenvalue weighted by atomic mass is 9.85. The van der Waals surface area contributed by atoms with Gasteiger partial charge in [-0.05, 0) is 126 Å². The third-order valence-corrected chi connectivity index (χ3v) is 12.4. The van der Waals surface area contributed by atoms with Gasteiger partial charge in [-0.15, -0.1) is 0 Å². The maximum Gasteiger partial charge on any atom is 0.0300 e. The molecule has 0 atom stereocenters. The van der Waals surface area contributed by atoms with Gasteiger partial charge < -0.3 is 0 Å². The summed E-state index contributed by atoms with van der Waals surface area (Å²) in [5.41, 5.74) is 8.01. The Bertz CT molecular complexity index is 1660. The van der Waals surface area contributed by atoms with Gasteiger partial charge in [0.05, 0.1) is 0 Å². The van der Waals surface area contributed by atoms with Gasteiger partial charge in [0.15, 0.2) is 0 Å². The summed E-state index contributed by atoms with van der Waals surface area (Å²) in [6.07, 6.45) is 17.5. The molecule has 0 fully saturated rings. The third kappa shape index (κ3) is 8.57. The van der Waals surface area contributed by atoms with Crippen LogP contribution < -0.4 is 0 Å². The quantitative estimate of drug-likeness (QED) is 0.0867. The van der Waals surface area contributed by atoms with Crippen LogP contribution in [0.15, 0.2) is 90.7 Å². The summed E-state index contributed by atoms with van der Waals surface area (Å²) in [7, 11) is 0. The van der Waals surface area contributed by atoms with Gasteiger partial charge in [-0.3, -0.25) is 0 Å². The Labute approximate surface area is 310 Å². The van der Waals surface area contributed by atoms with Crippen LogP contribution in [-0.4, -0.2) is 0 Å². The van der Waals surface area contributed by atoms with Crippen molar-refractivity contribution in [2.45, 2.75) is 104 Å². The fourth-order valence-corrected chi connectivity index (χ4v) is 9.88. The van der Waals surface area contributed by atoms with Crippen LogP contribution in [0.25, 0.3) is 43.8 Å². The topological polar surface area (TPSA) is 0 Å². The number of unbranched alkanes of at least 4 members (excludes halogenated alkanes) is 10. The number of hydrogen-bond donors (Lipinski definition) is 0. The Morgan fingerprint density at radius 1 is 0.413 bits per heavy atom. The van der Waals surface area contributed by atoms with Crippen molar-refractivity contribution in [1.82, 2.24) is 0 Å². The predicted octanol–water partition coefficient (Wildman–Crippen LogP) is 16.2. The average Bonchev–Trinajstić information content (AvgIpc) is 3.05. The SMILES string of the molecule is CCCCCCCCc1c(Br)c(-c2cc3ccccc3cc2Br)c(CCCCCCCC)c(-c2cc3ccccc3cc2Br)c1Br. The van der Waals surface area contributed by atoms with Crippen molar-refractivity contribution in [2.75, 3.05) is 0 Å². The smallest absolute Gasteiger partial charge is 0.0300 e. The van der Waals surface area contributed by atoms with Gasteiger partial charge in [0, 0.05) is 29.0 Å². The van der Waals surface area contributed by atoms with E-state index in [0.29, 0.717) is 0 Å². The average molecular weight is 870 g/mol. The van der Waals surface area contributed by atoms with Crippen LogP contribution in [0.5, 0.6) is 0 Å². The molecule has 0 bridgehead atoms. The number of halogens is 4. The molecule has 0 heterocycles. The Kier molecular flexibility index (Phi) is 13.9. The summed E-state index contributed by atoms with van der Waals surface area (Å²) in [5, 5.41) is 5.06. The van der Waals surface area contributed by atoms with Crippen molar-refractivity contribution in [1.29, 1.82) is 0 Å². The third-order valence-electron chi connectivity index (χ3n) is 9.34. The molecule has 0 unspecified atom stereocenters. The van der Waals surface area contributed by atoms with E-state index in [4.69, 9.17) is 0 Å². The summed E-state index contributed by atoms with van der Waals surface area (Å²) < 4.78 is 4.77. The van der Waals surface area contributed by atoms with Crippen LogP contribution in [0.4, 0.5) is 0 Å². The Morgan fingerprint density at radius 3 is 1.17 bits per heavy atom. The minimum Gasteiger partial charge on any atom is -0.0654 e. The van der Waals surface area contributed by atoms with E-state index in [-0.39, 0.29) is 0 Å². The monoisotopic (exact) mass is 866 g/mol. The molecule has 0 saturated carbocycles. The van der Waals surface area contributed by atoms with Gasteiger partial charge >= 0.3 is 0 Å². The second-order valence-corrected chi connectivity index (χ2v) is 16.0. The molecule has 46 heavy (non-hydrogen) atoms. The Balaban J connectivity index is 1.72. The second kappa shape index (κ2) is 17.8. The molecule has 0 radical (unpaired) electrons. The number of benzene rings is 5. The van der Waals surface area contributed by atoms with Crippen molar-refractivity contribution in [3.05, 3.63) is 102 Å². The molecule has 5 aromatic rings. The lowest BCUT2D eigenvalue weighted by molar-refractivity contribution is 0.605. The van der Waals surface area contributed by atoms with Gasteiger partial charge in [0.2, 0.25) is 0 Å². The maximum atomic E-state index is 4.26. The molecular formula is C42H46Br4. The molecule has 0 aliphatic rings. The molecule has 4 heteroatoms. The van der Waals surface area contributed by atoms with Gasteiger partial charge in [0.1, 0.15) is 0 Å². The fourth-order valence-electron chi connectivity index (χ4n) is 6.79. The van der Waals surface area contributed by atoms with Crippen molar-refractivity contribution in [3.8, 4) is 22.3 Å². The molecule has 0 spiro atoms. The standard InChI is InChI=1S/C42H46Br4/c1-3-5-7-9-11-13-23-33-39(35-25-29-19-15-17-21-31(29)27-37(35)43)41(45)34(24-14-12-10-8-6-4-2)42(46)40(33)36-26-30-20-16-18-22-32(30)28-38(36)44/h15-22,25-28H,3-14,23-24H2,1-2H3. The summed E-state index contributed by atoms with van der Waals surface area (Å²) >= 11 is 16.6. The summed E-state index contributed by atoms with van der Waals surface area (Å²) in [6, 6.07) is 26.8. The van der Waals surface area contributed by atoms with E-state index in [1.54, 1.807) is 0 Å². The van der Waals surface area contributed by atoms with Gasteiger partial charge in [0.25, 0.3) is 0 Å². The van der Waals surface area contributed by atoms with Crippen LogP contribution in [0.3, 0.4) is 0 Å². The van der Waals surface area contributed by atoms with Crippen molar-refractivity contribution in [2.24, 2.45) is 0 Å². The summed E-state index contributed by atoms with van der Waals surface area (Å²) in [6.45, 7) is 4.59. The Morgan fingerprint density at radius 2 is 0.761 bits per heavy atom. The zero-order valence-corrected chi connectivity index (χ0v) is 33.7. The molecule has 0 nitrogen and oxygen atoms in total. The lowest BCUT2D eigenvalue weighted by Crippen LogP contribution is -2.04. The van der Waals surface area contributed by atoms with E-state index in [1.807, 2.05) is 0 Å². The van der Waals surface area contributed by atoms with E-state index in [2.05, 4.69) is 150 Å². The molecule has 0 N–H and O–H groups in total. The zero-order valence-electron chi connectivity index (χ0n) is 27.3. The van der Waals surface area contributed by atoms with Crippen LogP contribution in [0.2, 0.25) is 0 Å². The molecule has 0 saturated heterocycles. The first kappa shape index (κ1) is 35.8. The molecule has 0 aromatic heterocycles. The van der Waals surface area contributed by atoms with Crippen molar-refractivity contribution < 1.29 is 0 Å². The van der Waals surface area contributed by atoms with Crippen LogP contribution in [-0.2, 0) is 12.8 Å². The highest BCUT2D eigenvalue weighted by atomic mass is 79.9. The molecular weight excluding hydrogens is 824 g/mol. The summed E-state index contributed by atoms with van der Waals surface area (Å²) in [5.74, 6) is 0. The first-order valence-electron chi connectivity index (χ1n) is 17.3. The second-order valence-electron chi connectivity index (χ2n) is 12.7. The molecule has 0 aliphatic heterocycles. The largest absolute Gasteiger partial charge is 0.0654 e. The van der Waals surface area contributed by atoms with E-state index in [1.165, 1.54) is 141 Å². The fraction of sp³-hybridized carbons (Fsp3) is 0.381. The van der Waals surface area contributed by atoms with Crippen molar-refractivity contribution in [3.63, 3.8) is 0 Å². The van der Waals surface area contributed by atoms with Gasteiger partial charge in [-0.1, -0.05) is 158 Å². The highest BCUT2D eigenvalue weighted by Crippen LogP contribution is 2.50. The molecule has 0 amide bonds. The molecule has 242 valence electrons. The van der Waals surface area contributed by atoms with Crippen LogP contribution in [0, 0.1) is 0 Å².